The molecule has 1 aromatic carbocycles. The fourth-order valence-electron chi connectivity index (χ4n) is 1.04. The van der Waals surface area contributed by atoms with Crippen LogP contribution in [0.2, 0.25) is 0 Å². The summed E-state index contributed by atoms with van der Waals surface area (Å²) >= 11 is 0.709. The molecule has 0 aliphatic carbocycles. The molecule has 16 heavy (non-hydrogen) atoms. The number of primary amides is 1. The predicted molar refractivity (Wildman–Crippen MR) is 55.7 cm³/mol. The zero-order valence-corrected chi connectivity index (χ0v) is 8.79. The molecule has 0 fully saturated rings. The first kappa shape index (κ1) is 10.4. The van der Waals surface area contributed by atoms with E-state index in [1.807, 2.05) is 30.3 Å². The topological polar surface area (TPSA) is 95.9 Å². The zero-order chi connectivity index (χ0) is 11.4. The van der Waals surface area contributed by atoms with Crippen molar-refractivity contribution in [2.24, 2.45) is 5.73 Å². The molecular weight excluding hydrogens is 230 g/mol. The number of hydrogen-bond acceptors (Lipinski definition) is 6. The maximum Gasteiger partial charge on any atom is 0.417 e. The van der Waals surface area contributed by atoms with E-state index in [1.54, 1.807) is 0 Å². The summed E-state index contributed by atoms with van der Waals surface area (Å²) in [6.45, 7) is 0. The molecule has 2 N–H and O–H groups in total. The van der Waals surface area contributed by atoms with Crippen LogP contribution >= 0.6 is 12.0 Å². The summed E-state index contributed by atoms with van der Waals surface area (Å²) in [4.78, 5) is 10.4. The normalized spacial score (nSPS) is 10.0. The van der Waals surface area contributed by atoms with Crippen molar-refractivity contribution in [3.8, 4) is 5.69 Å². The van der Waals surface area contributed by atoms with E-state index in [0.717, 1.165) is 5.69 Å². The molecule has 8 heteroatoms. The summed E-state index contributed by atoms with van der Waals surface area (Å²) in [7, 11) is 0. The number of rotatable bonds is 3. The largest absolute Gasteiger partial charge is 0.417 e. The van der Waals surface area contributed by atoms with E-state index in [4.69, 9.17) is 5.73 Å². The molecule has 0 unspecified atom stereocenters. The summed E-state index contributed by atoms with van der Waals surface area (Å²) < 4.78 is 5.98. The molecule has 0 bridgehead atoms. The Morgan fingerprint density at radius 3 is 2.81 bits per heavy atom. The van der Waals surface area contributed by atoms with E-state index in [1.165, 1.54) is 4.68 Å². The number of aromatic nitrogens is 4. The minimum Gasteiger partial charge on any atom is -0.367 e. The average molecular weight is 237 g/mol. The molecule has 2 rings (SSSR count). The van der Waals surface area contributed by atoms with Crippen LogP contribution in [0, 0.1) is 0 Å². The molecule has 0 saturated heterocycles. The summed E-state index contributed by atoms with van der Waals surface area (Å²) in [5.41, 5.74) is 5.60. The van der Waals surface area contributed by atoms with E-state index < -0.39 is 6.09 Å². The highest BCUT2D eigenvalue weighted by molar-refractivity contribution is 7.94. The second-order valence-electron chi connectivity index (χ2n) is 2.69. The molecule has 0 saturated carbocycles. The molecule has 1 heterocycles. The Morgan fingerprint density at radius 2 is 2.12 bits per heavy atom. The van der Waals surface area contributed by atoms with Gasteiger partial charge in [0, 0.05) is 0 Å². The average Bonchev–Trinajstić information content (AvgIpc) is 2.75. The fourth-order valence-corrected chi connectivity index (χ4v) is 1.48. The van der Waals surface area contributed by atoms with Gasteiger partial charge in [0.25, 0.3) is 5.16 Å². The van der Waals surface area contributed by atoms with E-state index in [2.05, 4.69) is 19.7 Å². The van der Waals surface area contributed by atoms with Crippen molar-refractivity contribution < 1.29 is 8.98 Å². The Labute approximate surface area is 94.8 Å². The fraction of sp³-hybridized carbons (Fsp3) is 0. The number of nitrogens with two attached hydrogens (primary N) is 1. The van der Waals surface area contributed by atoms with Crippen LogP contribution in [-0.2, 0) is 4.18 Å². The third kappa shape index (κ3) is 2.28. The van der Waals surface area contributed by atoms with Gasteiger partial charge in [0.15, 0.2) is 0 Å². The van der Waals surface area contributed by atoms with Crippen LogP contribution in [0.1, 0.15) is 0 Å². The van der Waals surface area contributed by atoms with Crippen molar-refractivity contribution in [2.45, 2.75) is 5.16 Å². The van der Waals surface area contributed by atoms with E-state index >= 15 is 0 Å². The van der Waals surface area contributed by atoms with Crippen molar-refractivity contribution in [3.05, 3.63) is 30.3 Å². The molecule has 0 radical (unpaired) electrons. The van der Waals surface area contributed by atoms with Crippen molar-refractivity contribution in [3.63, 3.8) is 0 Å². The van der Waals surface area contributed by atoms with Crippen molar-refractivity contribution in [1.82, 2.24) is 20.2 Å². The van der Waals surface area contributed by atoms with Crippen molar-refractivity contribution in [1.29, 1.82) is 0 Å². The van der Waals surface area contributed by atoms with Gasteiger partial charge in [-0.1, -0.05) is 23.3 Å². The van der Waals surface area contributed by atoms with Gasteiger partial charge >= 0.3 is 6.09 Å². The molecule has 1 amide bonds. The molecule has 2 aromatic rings. The van der Waals surface area contributed by atoms with Crippen LogP contribution in [-0.4, -0.2) is 26.3 Å². The Bertz CT molecular complexity index is 486. The maximum atomic E-state index is 10.4. The van der Waals surface area contributed by atoms with Crippen molar-refractivity contribution >= 4 is 18.1 Å². The van der Waals surface area contributed by atoms with Crippen LogP contribution in [0.15, 0.2) is 35.5 Å². The number of benzene rings is 1. The second-order valence-corrected chi connectivity index (χ2v) is 3.39. The van der Waals surface area contributed by atoms with Gasteiger partial charge in [0.1, 0.15) is 12.0 Å². The molecule has 0 atom stereocenters. The second kappa shape index (κ2) is 4.62. The van der Waals surface area contributed by atoms with E-state index in [0.29, 0.717) is 17.2 Å². The van der Waals surface area contributed by atoms with Crippen LogP contribution in [0.25, 0.3) is 5.69 Å². The van der Waals surface area contributed by atoms with Crippen LogP contribution < -0.4 is 5.73 Å². The van der Waals surface area contributed by atoms with Gasteiger partial charge in [-0.25, -0.2) is 4.79 Å². The number of carbonyl (C=O) groups excluding carboxylic acids is 1. The Balaban J connectivity index is 2.23. The number of tetrazole rings is 1. The highest BCUT2D eigenvalue weighted by Crippen LogP contribution is 2.18. The van der Waals surface area contributed by atoms with Crippen LogP contribution in [0.3, 0.4) is 0 Å². The molecular formula is C8H7N5O2S. The highest BCUT2D eigenvalue weighted by atomic mass is 32.2. The lowest BCUT2D eigenvalue weighted by molar-refractivity contribution is 0.218. The Morgan fingerprint density at radius 1 is 1.38 bits per heavy atom. The van der Waals surface area contributed by atoms with Gasteiger partial charge < -0.3 is 9.92 Å². The van der Waals surface area contributed by atoms with Gasteiger partial charge in [-0.2, -0.15) is 4.68 Å². The standard InChI is InChI=1S/C8H7N5O2S/c9-7(14)15-16-8-10-11-12-13(8)6-4-2-1-3-5-6/h1-5H,(H2,9,14). The first-order valence-corrected chi connectivity index (χ1v) is 4.99. The Hall–Kier alpha value is -2.09. The van der Waals surface area contributed by atoms with Gasteiger partial charge in [-0.3, -0.25) is 0 Å². The SMILES string of the molecule is NC(=O)OSc1nnnn1-c1ccccc1. The van der Waals surface area contributed by atoms with Gasteiger partial charge in [-0.05, 0) is 22.6 Å². The Kier molecular flexibility index (Phi) is 3.01. The predicted octanol–water partition coefficient (Wildman–Crippen LogP) is 0.765. The number of nitrogens with zero attached hydrogens (tertiary/aromatic N) is 4. The molecule has 1 aromatic heterocycles. The van der Waals surface area contributed by atoms with Gasteiger partial charge in [0.05, 0.1) is 5.69 Å². The zero-order valence-electron chi connectivity index (χ0n) is 7.98. The lowest BCUT2D eigenvalue weighted by Gasteiger charge is -2.01. The summed E-state index contributed by atoms with van der Waals surface area (Å²) in [6.07, 6.45) is -0.896. The van der Waals surface area contributed by atoms with Gasteiger partial charge in [0.2, 0.25) is 0 Å². The molecule has 7 nitrogen and oxygen atoms in total. The molecule has 0 aliphatic rings. The van der Waals surface area contributed by atoms with Crippen LogP contribution in [0.4, 0.5) is 4.79 Å². The van der Waals surface area contributed by atoms with Gasteiger partial charge in [-0.15, -0.1) is 0 Å². The third-order valence-corrected chi connectivity index (χ3v) is 2.29. The molecule has 0 spiro atoms. The summed E-state index contributed by atoms with van der Waals surface area (Å²) in [6, 6.07) is 9.22. The number of para-hydroxylation sites is 1. The monoisotopic (exact) mass is 237 g/mol. The first-order valence-electron chi connectivity index (χ1n) is 4.25. The third-order valence-electron chi connectivity index (χ3n) is 1.64. The quantitative estimate of drug-likeness (QED) is 0.792. The first-order chi connectivity index (χ1) is 7.77. The van der Waals surface area contributed by atoms with E-state index in [-0.39, 0.29) is 0 Å². The minimum atomic E-state index is -0.896. The highest BCUT2D eigenvalue weighted by Gasteiger charge is 2.10. The maximum absolute atomic E-state index is 10.4. The van der Waals surface area contributed by atoms with Crippen LogP contribution in [0.5, 0.6) is 0 Å². The lowest BCUT2D eigenvalue weighted by atomic mass is 10.3. The van der Waals surface area contributed by atoms with E-state index in [9.17, 15) is 4.79 Å². The summed E-state index contributed by atoms with van der Waals surface area (Å²) in [5, 5.41) is 11.3. The number of amides is 1. The minimum absolute atomic E-state index is 0.324. The smallest absolute Gasteiger partial charge is 0.367 e. The molecule has 82 valence electrons. The number of carbonyl (C=O) groups is 1. The molecule has 0 aliphatic heterocycles. The number of hydrogen-bond donors (Lipinski definition) is 1. The lowest BCUT2D eigenvalue weighted by Crippen LogP contribution is -2.09. The summed E-state index contributed by atoms with van der Waals surface area (Å²) in [5.74, 6) is 0. The van der Waals surface area contributed by atoms with Crippen molar-refractivity contribution in [2.75, 3.05) is 0 Å².